The van der Waals surface area contributed by atoms with Crippen LogP contribution in [0.15, 0.2) is 168 Å². The third-order valence-corrected chi connectivity index (χ3v) is 11.7. The molecule has 3 heteroatoms. The lowest BCUT2D eigenvalue weighted by Crippen LogP contribution is -2.29. The molecule has 252 valence electrons. The summed E-state index contributed by atoms with van der Waals surface area (Å²) in [5.41, 5.74) is 9.97. The Morgan fingerprint density at radius 2 is 1.28 bits per heavy atom. The van der Waals surface area contributed by atoms with Gasteiger partial charge >= 0.3 is 0 Å². The summed E-state index contributed by atoms with van der Waals surface area (Å²) >= 11 is 0. The molecule has 3 aliphatic rings. The van der Waals surface area contributed by atoms with Crippen LogP contribution in [0.5, 0.6) is 0 Å². The van der Waals surface area contributed by atoms with E-state index in [9.17, 15) is 0 Å². The zero-order valence-electron chi connectivity index (χ0n) is 29.4. The number of hydrogen-bond acceptors (Lipinski definition) is 2. The van der Waals surface area contributed by atoms with Gasteiger partial charge in [0.05, 0.1) is 22.8 Å². The molecule has 2 aliphatic carbocycles. The summed E-state index contributed by atoms with van der Waals surface area (Å²) in [5.74, 6) is 1.05. The van der Waals surface area contributed by atoms with Gasteiger partial charge in [0, 0.05) is 34.4 Å². The molecule has 3 nitrogen and oxygen atoms in total. The number of rotatable bonds is 4. The Morgan fingerprint density at radius 1 is 0.604 bits per heavy atom. The summed E-state index contributed by atoms with van der Waals surface area (Å²) in [5, 5.41) is 10.2. The van der Waals surface area contributed by atoms with Gasteiger partial charge in [-0.1, -0.05) is 133 Å². The van der Waals surface area contributed by atoms with E-state index < -0.39 is 0 Å². The number of fused-ring (bicyclic) bond motifs is 9. The van der Waals surface area contributed by atoms with Crippen LogP contribution in [0.3, 0.4) is 0 Å². The molecule has 0 radical (unpaired) electrons. The molecule has 0 N–H and O–H groups in total. The number of benzene rings is 7. The summed E-state index contributed by atoms with van der Waals surface area (Å²) in [6.45, 7) is 0. The van der Waals surface area contributed by atoms with Gasteiger partial charge in [0.15, 0.2) is 5.84 Å². The third-order valence-electron chi connectivity index (χ3n) is 11.7. The first-order valence-corrected chi connectivity index (χ1v) is 18.9. The summed E-state index contributed by atoms with van der Waals surface area (Å²) in [4.78, 5) is 10.8. The molecule has 8 aromatic rings. The number of allylic oxidation sites excluding steroid dienone is 4. The summed E-state index contributed by atoms with van der Waals surface area (Å²) in [6, 6.07) is 49.0. The smallest absolute Gasteiger partial charge is 0.155 e. The number of nitrogens with zero attached hydrogens (tertiary/aromatic N) is 3. The fourth-order valence-corrected chi connectivity index (χ4v) is 9.09. The highest BCUT2D eigenvalue weighted by atomic mass is 15.0. The average molecular weight is 680 g/mol. The van der Waals surface area contributed by atoms with Crippen molar-refractivity contribution in [3.8, 4) is 0 Å². The van der Waals surface area contributed by atoms with Crippen molar-refractivity contribution in [2.45, 2.75) is 31.7 Å². The predicted molar refractivity (Wildman–Crippen MR) is 225 cm³/mol. The zero-order chi connectivity index (χ0) is 34.9. The van der Waals surface area contributed by atoms with Crippen molar-refractivity contribution in [1.29, 1.82) is 0 Å². The molecular weight excluding hydrogens is 643 g/mol. The maximum absolute atomic E-state index is 5.50. The molecule has 7 aromatic carbocycles. The van der Waals surface area contributed by atoms with Crippen LogP contribution in [0.2, 0.25) is 0 Å². The Bertz CT molecular complexity index is 2870. The highest BCUT2D eigenvalue weighted by molar-refractivity contribution is 6.28. The van der Waals surface area contributed by atoms with Gasteiger partial charge in [-0.15, -0.1) is 0 Å². The SMILES string of the molecule is C1=CC(C2CC(c3ccc4c(c3)CCC=C4)=NC(c3ccc4ccccc4c3)=N2)CC(n2c3ccc4ccccc4c3c3c4ccccc4ccc32)=C1. The molecule has 1 aliphatic heterocycles. The minimum Gasteiger partial charge on any atom is -0.313 e. The van der Waals surface area contributed by atoms with Gasteiger partial charge < -0.3 is 4.57 Å². The number of aliphatic imine (C=N–C) groups is 2. The fourth-order valence-electron chi connectivity index (χ4n) is 9.09. The quantitative estimate of drug-likeness (QED) is 0.177. The van der Waals surface area contributed by atoms with Crippen molar-refractivity contribution < 1.29 is 0 Å². The Morgan fingerprint density at radius 3 is 2.06 bits per heavy atom. The Kier molecular flexibility index (Phi) is 6.94. The largest absolute Gasteiger partial charge is 0.313 e. The highest BCUT2D eigenvalue weighted by Gasteiger charge is 2.30. The van der Waals surface area contributed by atoms with E-state index in [0.29, 0.717) is 0 Å². The van der Waals surface area contributed by atoms with Gasteiger partial charge in [0.1, 0.15) is 0 Å². The molecule has 2 unspecified atom stereocenters. The standard InChI is InChI=1S/C50H37N3/c1-3-14-36-28-39(22-20-32(36)10-1)45-31-44(51-50(52-45)40-23-21-33-11-2-4-15-37(33)29-40)38-16-9-17-41(30-38)53-46-26-24-34-12-5-7-18-42(34)48(46)49-43-19-8-6-13-35(43)25-27-47(49)53/h1-2,4-13,15-29,38,44H,3,14,30-31H2. The van der Waals surface area contributed by atoms with E-state index in [1.54, 1.807) is 0 Å². The van der Waals surface area contributed by atoms with Crippen molar-refractivity contribution in [2.24, 2.45) is 15.9 Å². The van der Waals surface area contributed by atoms with Gasteiger partial charge in [-0.3, -0.25) is 4.99 Å². The van der Waals surface area contributed by atoms with Crippen molar-refractivity contribution in [3.05, 3.63) is 180 Å². The zero-order valence-corrected chi connectivity index (χ0v) is 29.4. The van der Waals surface area contributed by atoms with Gasteiger partial charge in [0.25, 0.3) is 0 Å². The Hall–Kier alpha value is -6.32. The summed E-state index contributed by atoms with van der Waals surface area (Å²) in [6.07, 6.45) is 15.4. The van der Waals surface area contributed by atoms with Crippen LogP contribution in [-0.4, -0.2) is 22.2 Å². The molecule has 0 amide bonds. The molecule has 0 fully saturated rings. The first kappa shape index (κ1) is 30.3. The lowest BCUT2D eigenvalue weighted by Gasteiger charge is -2.29. The van der Waals surface area contributed by atoms with Crippen molar-refractivity contribution in [3.63, 3.8) is 0 Å². The van der Waals surface area contributed by atoms with Gasteiger partial charge in [-0.25, -0.2) is 4.99 Å². The van der Waals surface area contributed by atoms with Gasteiger partial charge in [-0.05, 0) is 98.6 Å². The van der Waals surface area contributed by atoms with Crippen molar-refractivity contribution >= 4 is 77.4 Å². The van der Waals surface area contributed by atoms with Crippen LogP contribution in [-0.2, 0) is 6.42 Å². The topological polar surface area (TPSA) is 29.6 Å². The maximum Gasteiger partial charge on any atom is 0.155 e. The van der Waals surface area contributed by atoms with Gasteiger partial charge in [0.2, 0.25) is 0 Å². The predicted octanol–water partition coefficient (Wildman–Crippen LogP) is 12.3. The second-order valence-corrected chi connectivity index (χ2v) is 14.8. The molecule has 2 heterocycles. The molecule has 1 aromatic heterocycles. The first-order valence-electron chi connectivity index (χ1n) is 18.9. The molecule has 0 bridgehead atoms. The van der Waals surface area contributed by atoms with E-state index in [4.69, 9.17) is 9.98 Å². The summed E-state index contributed by atoms with van der Waals surface area (Å²) in [7, 11) is 0. The Labute approximate surface area is 308 Å². The van der Waals surface area contributed by atoms with E-state index in [1.807, 2.05) is 0 Å². The number of hydrogen-bond donors (Lipinski definition) is 0. The lowest BCUT2D eigenvalue weighted by molar-refractivity contribution is 0.515. The average Bonchev–Trinajstić information content (AvgIpc) is 3.59. The van der Waals surface area contributed by atoms with Crippen LogP contribution >= 0.6 is 0 Å². The maximum atomic E-state index is 5.50. The molecule has 0 saturated carbocycles. The normalized spacial score (nSPS) is 18.5. The second-order valence-electron chi connectivity index (χ2n) is 14.8. The number of aryl methyl sites for hydroxylation is 1. The lowest BCUT2D eigenvalue weighted by atomic mass is 9.85. The number of aromatic nitrogens is 1. The van der Waals surface area contributed by atoms with Gasteiger partial charge in [-0.2, -0.15) is 0 Å². The minimum atomic E-state index is 0.0506. The highest BCUT2D eigenvalue weighted by Crippen LogP contribution is 2.42. The van der Waals surface area contributed by atoms with Crippen LogP contribution < -0.4 is 0 Å². The number of amidine groups is 1. The molecular formula is C50H37N3. The molecule has 53 heavy (non-hydrogen) atoms. The molecule has 11 rings (SSSR count). The van der Waals surface area contributed by atoms with Crippen LogP contribution in [0.25, 0.3) is 65.9 Å². The van der Waals surface area contributed by atoms with Crippen LogP contribution in [0.4, 0.5) is 0 Å². The van der Waals surface area contributed by atoms with Crippen molar-refractivity contribution in [1.82, 2.24) is 4.57 Å². The second kappa shape index (κ2) is 12.1. The summed E-state index contributed by atoms with van der Waals surface area (Å²) < 4.78 is 2.53. The molecule has 2 atom stereocenters. The molecule has 0 saturated heterocycles. The van der Waals surface area contributed by atoms with E-state index >= 15 is 0 Å². The van der Waals surface area contributed by atoms with Crippen LogP contribution in [0.1, 0.15) is 41.5 Å². The first-order chi connectivity index (χ1) is 26.2. The fraction of sp³-hybridized carbons (Fsp3) is 0.120. The van der Waals surface area contributed by atoms with E-state index in [2.05, 4.69) is 168 Å². The third kappa shape index (κ3) is 5.03. The van der Waals surface area contributed by atoms with Crippen LogP contribution in [0, 0.1) is 5.92 Å². The monoisotopic (exact) mass is 679 g/mol. The molecule has 0 spiro atoms. The Balaban J connectivity index is 1.03. The van der Waals surface area contributed by atoms with E-state index in [1.165, 1.54) is 76.5 Å². The van der Waals surface area contributed by atoms with Crippen molar-refractivity contribution in [2.75, 3.05) is 0 Å². The minimum absolute atomic E-state index is 0.0506. The van der Waals surface area contributed by atoms with E-state index in [-0.39, 0.29) is 12.0 Å². The van der Waals surface area contributed by atoms with E-state index in [0.717, 1.165) is 42.8 Å².